The number of halogens is 2. The number of likely N-dealkylation sites (N-methyl/N-ethyl adjacent to an activating group) is 1. The molecule has 1 aliphatic heterocycles. The second-order valence-corrected chi connectivity index (χ2v) is 7.41. The van der Waals surface area contributed by atoms with Gasteiger partial charge in [-0.05, 0) is 56.1 Å². The number of carbonyl (C=O) groups excluding carboxylic acids is 1. The molecule has 29 heavy (non-hydrogen) atoms. The van der Waals surface area contributed by atoms with Gasteiger partial charge < -0.3 is 9.80 Å². The lowest BCUT2D eigenvalue weighted by Gasteiger charge is -2.25. The third-order valence-corrected chi connectivity index (χ3v) is 5.33. The fourth-order valence-corrected chi connectivity index (χ4v) is 3.75. The quantitative estimate of drug-likeness (QED) is 0.735. The number of carbonyl (C=O) groups is 1. The smallest absolute Gasteiger partial charge is 0.291 e. The summed E-state index contributed by atoms with van der Waals surface area (Å²) in [6, 6.07) is 12.3. The number of amides is 1. The Balaban J connectivity index is 1.54. The Labute approximate surface area is 167 Å². The average molecular weight is 397 g/mol. The summed E-state index contributed by atoms with van der Waals surface area (Å²) in [6.07, 6.45) is 0. The fourth-order valence-electron chi connectivity index (χ4n) is 3.75. The SMILES string of the molecule is CN(C)[C@@H]1CN(C(=O)c2nc(-c3ccc(F)cc3)n[nH]2)C[C@H]1c1ccc(F)cc1. The first-order valence-electron chi connectivity index (χ1n) is 9.32. The third kappa shape index (κ3) is 3.88. The molecule has 1 fully saturated rings. The van der Waals surface area contributed by atoms with Gasteiger partial charge in [-0.2, -0.15) is 5.10 Å². The molecule has 3 aromatic rings. The number of nitrogens with zero attached hydrogens (tertiary/aromatic N) is 4. The minimum absolute atomic E-state index is 0.0639. The van der Waals surface area contributed by atoms with Crippen LogP contribution in [-0.2, 0) is 0 Å². The zero-order valence-corrected chi connectivity index (χ0v) is 16.1. The molecule has 1 aliphatic rings. The number of nitrogens with one attached hydrogen (secondary N) is 1. The van der Waals surface area contributed by atoms with Gasteiger partial charge >= 0.3 is 0 Å². The predicted octanol–water partition coefficient (Wildman–Crippen LogP) is 2.92. The lowest BCUT2D eigenvalue weighted by atomic mass is 9.94. The summed E-state index contributed by atoms with van der Waals surface area (Å²) in [5.74, 6) is -0.333. The Hall–Kier alpha value is -3.13. The number of aromatic nitrogens is 3. The first-order valence-corrected chi connectivity index (χ1v) is 9.32. The van der Waals surface area contributed by atoms with Crippen LogP contribution in [0.5, 0.6) is 0 Å². The molecule has 0 saturated carbocycles. The molecule has 2 heterocycles. The molecule has 1 saturated heterocycles. The molecule has 6 nitrogen and oxygen atoms in total. The van der Waals surface area contributed by atoms with E-state index in [2.05, 4.69) is 20.1 Å². The number of hydrogen-bond acceptors (Lipinski definition) is 4. The van der Waals surface area contributed by atoms with Crippen LogP contribution in [0, 0.1) is 11.6 Å². The summed E-state index contributed by atoms with van der Waals surface area (Å²) in [4.78, 5) is 21.1. The highest BCUT2D eigenvalue weighted by molar-refractivity contribution is 5.91. The number of hydrogen-bond donors (Lipinski definition) is 1. The van der Waals surface area contributed by atoms with Crippen molar-refractivity contribution < 1.29 is 13.6 Å². The highest BCUT2D eigenvalue weighted by Gasteiger charge is 2.38. The van der Waals surface area contributed by atoms with Gasteiger partial charge in [0.15, 0.2) is 5.82 Å². The van der Waals surface area contributed by atoms with Crippen molar-refractivity contribution in [3.63, 3.8) is 0 Å². The standard InChI is InChI=1S/C21H21F2N5O/c1-27(2)18-12-28(11-17(18)13-3-7-15(22)8-4-13)21(29)20-24-19(25-26-20)14-5-9-16(23)10-6-14/h3-10,17-18H,11-12H2,1-2H3,(H,24,25,26)/t17-,18+/m0/s1. The zero-order chi connectivity index (χ0) is 20.5. The molecule has 8 heteroatoms. The van der Waals surface area contributed by atoms with Crippen LogP contribution >= 0.6 is 0 Å². The Morgan fingerprint density at radius 2 is 1.66 bits per heavy atom. The van der Waals surface area contributed by atoms with E-state index in [9.17, 15) is 13.6 Å². The first-order chi connectivity index (χ1) is 13.9. The van der Waals surface area contributed by atoms with E-state index < -0.39 is 0 Å². The van der Waals surface area contributed by atoms with Gasteiger partial charge in [-0.3, -0.25) is 9.89 Å². The zero-order valence-electron chi connectivity index (χ0n) is 16.1. The number of rotatable bonds is 4. The highest BCUT2D eigenvalue weighted by Crippen LogP contribution is 2.31. The van der Waals surface area contributed by atoms with E-state index in [4.69, 9.17) is 0 Å². The van der Waals surface area contributed by atoms with Gasteiger partial charge in [0.2, 0.25) is 5.82 Å². The summed E-state index contributed by atoms with van der Waals surface area (Å²) >= 11 is 0. The summed E-state index contributed by atoms with van der Waals surface area (Å²) in [7, 11) is 3.94. The fraction of sp³-hybridized carbons (Fsp3) is 0.286. The maximum absolute atomic E-state index is 13.3. The number of aromatic amines is 1. The molecule has 1 N–H and O–H groups in total. The monoisotopic (exact) mass is 397 g/mol. The van der Waals surface area contributed by atoms with E-state index in [-0.39, 0.29) is 35.3 Å². The second kappa shape index (κ2) is 7.71. The van der Waals surface area contributed by atoms with Gasteiger partial charge in [-0.25, -0.2) is 13.8 Å². The van der Waals surface area contributed by atoms with E-state index in [1.165, 1.54) is 24.3 Å². The molecule has 0 spiro atoms. The molecule has 1 aromatic heterocycles. The summed E-state index contributed by atoms with van der Waals surface area (Å²) in [6.45, 7) is 1.03. The van der Waals surface area contributed by atoms with Crippen molar-refractivity contribution in [3.8, 4) is 11.4 Å². The van der Waals surface area contributed by atoms with Gasteiger partial charge in [0, 0.05) is 30.6 Å². The van der Waals surface area contributed by atoms with Crippen molar-refractivity contribution in [2.45, 2.75) is 12.0 Å². The van der Waals surface area contributed by atoms with Crippen LogP contribution < -0.4 is 0 Å². The van der Waals surface area contributed by atoms with Gasteiger partial charge in [0.05, 0.1) is 0 Å². The Morgan fingerprint density at radius 1 is 1.03 bits per heavy atom. The molecule has 2 atom stereocenters. The van der Waals surface area contributed by atoms with E-state index >= 15 is 0 Å². The molecule has 1 amide bonds. The molecular formula is C21H21F2N5O. The van der Waals surface area contributed by atoms with Crippen LogP contribution in [0.25, 0.3) is 11.4 Å². The maximum Gasteiger partial charge on any atom is 0.291 e. The van der Waals surface area contributed by atoms with Gasteiger partial charge in [-0.1, -0.05) is 12.1 Å². The van der Waals surface area contributed by atoms with Crippen molar-refractivity contribution in [1.29, 1.82) is 0 Å². The van der Waals surface area contributed by atoms with Crippen LogP contribution in [0.15, 0.2) is 48.5 Å². The molecular weight excluding hydrogens is 376 g/mol. The Morgan fingerprint density at radius 3 is 2.28 bits per heavy atom. The third-order valence-electron chi connectivity index (χ3n) is 5.33. The van der Waals surface area contributed by atoms with Crippen LogP contribution in [-0.4, -0.2) is 64.1 Å². The summed E-state index contributed by atoms with van der Waals surface area (Å²) < 4.78 is 26.4. The largest absolute Gasteiger partial charge is 0.334 e. The summed E-state index contributed by atoms with van der Waals surface area (Å²) in [5, 5.41) is 6.78. The lowest BCUT2D eigenvalue weighted by Crippen LogP contribution is -2.36. The van der Waals surface area contributed by atoms with Crippen LogP contribution in [0.4, 0.5) is 8.78 Å². The molecule has 0 radical (unpaired) electrons. The molecule has 4 rings (SSSR count). The van der Waals surface area contributed by atoms with E-state index in [0.717, 1.165) is 5.56 Å². The molecule has 150 valence electrons. The minimum atomic E-state index is -0.348. The number of likely N-dealkylation sites (tertiary alicyclic amines) is 1. The van der Waals surface area contributed by atoms with Crippen molar-refractivity contribution in [3.05, 3.63) is 71.6 Å². The normalized spacial score (nSPS) is 19.1. The van der Waals surface area contributed by atoms with Crippen molar-refractivity contribution >= 4 is 5.91 Å². The highest BCUT2D eigenvalue weighted by atomic mass is 19.1. The van der Waals surface area contributed by atoms with Crippen LogP contribution in [0.1, 0.15) is 22.1 Å². The topological polar surface area (TPSA) is 65.1 Å². The predicted molar refractivity (Wildman–Crippen MR) is 104 cm³/mol. The minimum Gasteiger partial charge on any atom is -0.334 e. The first kappa shape index (κ1) is 19.2. The van der Waals surface area contributed by atoms with E-state index in [1.54, 1.807) is 29.2 Å². The van der Waals surface area contributed by atoms with E-state index in [0.29, 0.717) is 24.5 Å². The Bertz CT molecular complexity index is 1000. The number of H-pyrrole nitrogens is 1. The van der Waals surface area contributed by atoms with Crippen LogP contribution in [0.2, 0.25) is 0 Å². The Kier molecular flexibility index (Phi) is 5.10. The van der Waals surface area contributed by atoms with E-state index in [1.807, 2.05) is 14.1 Å². The van der Waals surface area contributed by atoms with Gasteiger partial charge in [0.1, 0.15) is 11.6 Å². The van der Waals surface area contributed by atoms with Crippen molar-refractivity contribution in [2.75, 3.05) is 27.2 Å². The number of benzene rings is 2. The molecule has 0 aliphatic carbocycles. The summed E-state index contributed by atoms with van der Waals surface area (Å²) in [5.41, 5.74) is 1.61. The van der Waals surface area contributed by atoms with Gasteiger partial charge in [-0.15, -0.1) is 0 Å². The molecule has 0 unspecified atom stereocenters. The van der Waals surface area contributed by atoms with Crippen molar-refractivity contribution in [1.82, 2.24) is 25.0 Å². The molecule has 2 aromatic carbocycles. The van der Waals surface area contributed by atoms with Gasteiger partial charge in [0.25, 0.3) is 5.91 Å². The van der Waals surface area contributed by atoms with Crippen LogP contribution in [0.3, 0.4) is 0 Å². The average Bonchev–Trinajstić information content (AvgIpc) is 3.37. The molecule has 0 bridgehead atoms. The second-order valence-electron chi connectivity index (χ2n) is 7.41. The van der Waals surface area contributed by atoms with Crippen molar-refractivity contribution in [2.24, 2.45) is 0 Å². The maximum atomic E-state index is 13.3. The lowest BCUT2D eigenvalue weighted by molar-refractivity contribution is 0.0771.